The van der Waals surface area contributed by atoms with E-state index >= 15 is 0 Å². The van der Waals surface area contributed by atoms with Crippen molar-refractivity contribution in [2.45, 2.75) is 38.5 Å². The molecule has 3 N–H and O–H groups in total. The summed E-state index contributed by atoms with van der Waals surface area (Å²) in [6, 6.07) is 8.23. The molecule has 0 amide bonds. The van der Waals surface area contributed by atoms with Gasteiger partial charge in [-0.25, -0.2) is 0 Å². The first-order chi connectivity index (χ1) is 9.60. The summed E-state index contributed by atoms with van der Waals surface area (Å²) in [5.41, 5.74) is 6.63. The maximum atomic E-state index is 10.0. The van der Waals surface area contributed by atoms with Gasteiger partial charge in [0.1, 0.15) is 18.5 Å². The van der Waals surface area contributed by atoms with E-state index in [4.69, 9.17) is 10.5 Å². The second kappa shape index (κ2) is 7.07. The van der Waals surface area contributed by atoms with Crippen LogP contribution in [0.5, 0.6) is 5.75 Å². The summed E-state index contributed by atoms with van der Waals surface area (Å²) in [5, 5.41) is 10.0. The molecule has 2 rings (SSSR count). The Labute approximate surface area is 121 Å². The molecular weight excluding hydrogens is 252 g/mol. The van der Waals surface area contributed by atoms with Crippen molar-refractivity contribution in [3.05, 3.63) is 29.8 Å². The van der Waals surface area contributed by atoms with Crippen LogP contribution in [-0.4, -0.2) is 42.4 Å². The molecule has 0 radical (unpaired) electrons. The number of aliphatic hydroxyl groups is 1. The van der Waals surface area contributed by atoms with Gasteiger partial charge in [-0.1, -0.05) is 12.1 Å². The van der Waals surface area contributed by atoms with Gasteiger partial charge in [0.05, 0.1) is 0 Å². The number of hydrogen-bond donors (Lipinski definition) is 2. The summed E-state index contributed by atoms with van der Waals surface area (Å²) in [6.07, 6.45) is 2.19. The number of benzene rings is 1. The van der Waals surface area contributed by atoms with E-state index in [1.54, 1.807) is 0 Å². The number of nitrogens with two attached hydrogens (primary N) is 1. The predicted octanol–water partition coefficient (Wildman–Crippen LogP) is 1.62. The van der Waals surface area contributed by atoms with Crippen LogP contribution in [-0.2, 0) is 6.54 Å². The summed E-state index contributed by atoms with van der Waals surface area (Å²) < 4.78 is 5.61. The van der Waals surface area contributed by atoms with Crippen LogP contribution in [0.15, 0.2) is 24.3 Å². The van der Waals surface area contributed by atoms with Crippen molar-refractivity contribution in [1.29, 1.82) is 0 Å². The summed E-state index contributed by atoms with van der Waals surface area (Å²) >= 11 is 0. The molecule has 1 aliphatic carbocycles. The SMILES string of the molecule is CC(C1CC1)N(C)CC(O)COc1ccc(CN)cc1. The number of nitrogens with zero attached hydrogens (tertiary/aromatic N) is 1. The second-order valence-corrected chi connectivity index (χ2v) is 5.83. The van der Waals surface area contributed by atoms with Gasteiger partial charge >= 0.3 is 0 Å². The Morgan fingerprint density at radius 3 is 2.55 bits per heavy atom. The molecule has 0 heterocycles. The minimum absolute atomic E-state index is 0.323. The quantitative estimate of drug-likeness (QED) is 0.758. The maximum Gasteiger partial charge on any atom is 0.119 e. The Balaban J connectivity index is 1.71. The van der Waals surface area contributed by atoms with Crippen molar-refractivity contribution >= 4 is 0 Å². The minimum atomic E-state index is -0.463. The molecule has 4 heteroatoms. The van der Waals surface area contributed by atoms with E-state index in [-0.39, 0.29) is 0 Å². The number of hydrogen-bond acceptors (Lipinski definition) is 4. The summed E-state index contributed by atoms with van der Waals surface area (Å²) in [4.78, 5) is 2.23. The van der Waals surface area contributed by atoms with Crippen LogP contribution in [0.25, 0.3) is 0 Å². The highest BCUT2D eigenvalue weighted by Gasteiger charge is 2.30. The molecule has 112 valence electrons. The average Bonchev–Trinajstić information content (AvgIpc) is 3.29. The van der Waals surface area contributed by atoms with E-state index in [0.29, 0.717) is 25.7 Å². The number of ether oxygens (including phenoxy) is 1. The predicted molar refractivity (Wildman–Crippen MR) is 80.7 cm³/mol. The average molecular weight is 278 g/mol. The smallest absolute Gasteiger partial charge is 0.119 e. The van der Waals surface area contributed by atoms with Crippen LogP contribution in [0.4, 0.5) is 0 Å². The molecule has 1 saturated carbocycles. The first kappa shape index (κ1) is 15.3. The third kappa shape index (κ3) is 4.47. The van der Waals surface area contributed by atoms with Gasteiger partial charge in [0.25, 0.3) is 0 Å². The fourth-order valence-corrected chi connectivity index (χ4v) is 2.40. The fraction of sp³-hybridized carbons (Fsp3) is 0.625. The van der Waals surface area contributed by atoms with Crippen LogP contribution < -0.4 is 10.5 Å². The lowest BCUT2D eigenvalue weighted by atomic mass is 10.2. The van der Waals surface area contributed by atoms with Gasteiger partial charge in [-0.05, 0) is 50.4 Å². The molecule has 1 aromatic rings. The van der Waals surface area contributed by atoms with E-state index in [0.717, 1.165) is 17.2 Å². The normalized spacial score (nSPS) is 18.1. The molecule has 2 atom stereocenters. The van der Waals surface area contributed by atoms with E-state index < -0.39 is 6.10 Å². The molecule has 0 spiro atoms. The monoisotopic (exact) mass is 278 g/mol. The molecule has 0 aliphatic heterocycles. The minimum Gasteiger partial charge on any atom is -0.491 e. The van der Waals surface area contributed by atoms with E-state index in [2.05, 4.69) is 18.9 Å². The van der Waals surface area contributed by atoms with Crippen molar-refractivity contribution in [2.24, 2.45) is 11.7 Å². The van der Waals surface area contributed by atoms with E-state index in [1.165, 1.54) is 12.8 Å². The Kier molecular flexibility index (Phi) is 5.40. The molecule has 0 saturated heterocycles. The third-order valence-corrected chi connectivity index (χ3v) is 4.10. The van der Waals surface area contributed by atoms with Gasteiger partial charge in [-0.15, -0.1) is 0 Å². The molecule has 20 heavy (non-hydrogen) atoms. The highest BCUT2D eigenvalue weighted by atomic mass is 16.5. The zero-order chi connectivity index (χ0) is 14.5. The molecule has 1 fully saturated rings. The van der Waals surface area contributed by atoms with Crippen molar-refractivity contribution in [1.82, 2.24) is 4.90 Å². The van der Waals surface area contributed by atoms with Crippen LogP contribution in [0.1, 0.15) is 25.3 Å². The summed E-state index contributed by atoms with van der Waals surface area (Å²) in [7, 11) is 2.07. The third-order valence-electron chi connectivity index (χ3n) is 4.10. The number of likely N-dealkylation sites (N-methyl/N-ethyl adjacent to an activating group) is 1. The number of aliphatic hydroxyl groups excluding tert-OH is 1. The van der Waals surface area contributed by atoms with Gasteiger partial charge < -0.3 is 20.5 Å². The van der Waals surface area contributed by atoms with Crippen molar-refractivity contribution in [3.63, 3.8) is 0 Å². The lowest BCUT2D eigenvalue weighted by Crippen LogP contribution is -2.39. The van der Waals surface area contributed by atoms with Crippen molar-refractivity contribution in [3.8, 4) is 5.75 Å². The maximum absolute atomic E-state index is 10.0. The fourth-order valence-electron chi connectivity index (χ4n) is 2.40. The Morgan fingerprint density at radius 1 is 1.35 bits per heavy atom. The van der Waals surface area contributed by atoms with Crippen LogP contribution in [0, 0.1) is 5.92 Å². The molecule has 1 aliphatic rings. The van der Waals surface area contributed by atoms with Crippen LogP contribution in [0.3, 0.4) is 0 Å². The second-order valence-electron chi connectivity index (χ2n) is 5.83. The van der Waals surface area contributed by atoms with Crippen LogP contribution in [0.2, 0.25) is 0 Å². The van der Waals surface area contributed by atoms with E-state index in [1.807, 2.05) is 24.3 Å². The zero-order valence-electron chi connectivity index (χ0n) is 12.5. The molecule has 0 bridgehead atoms. The van der Waals surface area contributed by atoms with Crippen LogP contribution >= 0.6 is 0 Å². The van der Waals surface area contributed by atoms with Crippen molar-refractivity contribution < 1.29 is 9.84 Å². The van der Waals surface area contributed by atoms with Gasteiger partial charge in [-0.2, -0.15) is 0 Å². The topological polar surface area (TPSA) is 58.7 Å². The molecule has 2 unspecified atom stereocenters. The van der Waals surface area contributed by atoms with Gasteiger partial charge in [-0.3, -0.25) is 0 Å². The van der Waals surface area contributed by atoms with E-state index in [9.17, 15) is 5.11 Å². The molecule has 0 aromatic heterocycles. The Morgan fingerprint density at radius 2 is 2.00 bits per heavy atom. The van der Waals surface area contributed by atoms with Gasteiger partial charge in [0, 0.05) is 19.1 Å². The Bertz CT molecular complexity index is 403. The highest BCUT2D eigenvalue weighted by Crippen LogP contribution is 2.34. The summed E-state index contributed by atoms with van der Waals surface area (Å²) in [5.74, 6) is 1.59. The lowest BCUT2D eigenvalue weighted by Gasteiger charge is -2.26. The molecular formula is C16H26N2O2. The largest absolute Gasteiger partial charge is 0.491 e. The van der Waals surface area contributed by atoms with Gasteiger partial charge in [0.15, 0.2) is 0 Å². The Hall–Kier alpha value is -1.10. The molecule has 4 nitrogen and oxygen atoms in total. The first-order valence-electron chi connectivity index (χ1n) is 7.40. The standard InChI is InChI=1S/C16H26N2O2/c1-12(14-5-6-14)18(2)10-15(19)11-20-16-7-3-13(9-17)4-8-16/h3-4,7-8,12,14-15,19H,5-6,9-11,17H2,1-2H3. The number of rotatable bonds is 8. The van der Waals surface area contributed by atoms with Crippen molar-refractivity contribution in [2.75, 3.05) is 20.2 Å². The highest BCUT2D eigenvalue weighted by molar-refractivity contribution is 5.27. The lowest BCUT2D eigenvalue weighted by molar-refractivity contribution is 0.0623. The molecule has 1 aromatic carbocycles. The summed E-state index contributed by atoms with van der Waals surface area (Å²) in [6.45, 7) is 3.74. The van der Waals surface area contributed by atoms with Gasteiger partial charge in [0.2, 0.25) is 0 Å². The zero-order valence-corrected chi connectivity index (χ0v) is 12.5. The first-order valence-corrected chi connectivity index (χ1v) is 7.40.